The maximum atomic E-state index is 13.0. The molecule has 9 nitrogen and oxygen atoms in total. The number of nitrogens with zero attached hydrogens (tertiary/aromatic N) is 6. The van der Waals surface area contributed by atoms with Crippen molar-refractivity contribution in [3.63, 3.8) is 0 Å². The van der Waals surface area contributed by atoms with E-state index in [0.717, 1.165) is 42.8 Å². The Morgan fingerprint density at radius 1 is 1.09 bits per heavy atom. The average Bonchev–Trinajstić information content (AvgIpc) is 3.15. The van der Waals surface area contributed by atoms with Gasteiger partial charge in [0.2, 0.25) is 5.88 Å². The van der Waals surface area contributed by atoms with Gasteiger partial charge in [-0.1, -0.05) is 11.6 Å². The molecule has 35 heavy (non-hydrogen) atoms. The minimum atomic E-state index is -0.592. The van der Waals surface area contributed by atoms with Gasteiger partial charge in [0, 0.05) is 23.3 Å². The van der Waals surface area contributed by atoms with Gasteiger partial charge in [0.25, 0.3) is 0 Å². The summed E-state index contributed by atoms with van der Waals surface area (Å²) in [5.41, 5.74) is 1.29. The fourth-order valence-electron chi connectivity index (χ4n) is 4.70. The topological polar surface area (TPSA) is 95.3 Å². The molecule has 0 bridgehead atoms. The smallest absolute Gasteiger partial charge is 0.411 e. The molecule has 0 spiro atoms. The Balaban J connectivity index is 1.40. The normalized spacial score (nSPS) is 19.9. The van der Waals surface area contributed by atoms with Gasteiger partial charge in [-0.2, -0.15) is 0 Å². The van der Waals surface area contributed by atoms with E-state index in [-0.39, 0.29) is 18.1 Å². The van der Waals surface area contributed by atoms with Gasteiger partial charge in [0.05, 0.1) is 25.0 Å². The van der Waals surface area contributed by atoms with Crippen LogP contribution in [0.4, 0.5) is 4.79 Å². The summed E-state index contributed by atoms with van der Waals surface area (Å²) in [6.45, 7) is 6.27. The van der Waals surface area contributed by atoms with Crippen molar-refractivity contribution < 1.29 is 14.3 Å². The van der Waals surface area contributed by atoms with Crippen LogP contribution in [0.5, 0.6) is 5.88 Å². The molecule has 1 fully saturated rings. The van der Waals surface area contributed by atoms with E-state index in [0.29, 0.717) is 29.8 Å². The number of ether oxygens (including phenoxy) is 2. The molecule has 3 heterocycles. The van der Waals surface area contributed by atoms with E-state index >= 15 is 0 Å². The van der Waals surface area contributed by atoms with Crippen LogP contribution in [-0.4, -0.2) is 47.4 Å². The molecule has 2 aliphatic rings. The molecule has 3 aromatic rings. The number of fused-ring (bicyclic) bond motifs is 3. The monoisotopic (exact) mass is 496 g/mol. The minimum absolute atomic E-state index is 0.100. The highest BCUT2D eigenvalue weighted by Crippen LogP contribution is 2.37. The minimum Gasteiger partial charge on any atom is -0.473 e. The lowest BCUT2D eigenvalue weighted by Crippen LogP contribution is -2.35. The first-order chi connectivity index (χ1) is 16.8. The standard InChI is InChI=1S/C25H29ClN6O3/c1-25(2,3)35-24(33)31-14-17-12-18(26)6-9-20(17)32-21(15-31)29-30-23(32)16-4-7-19(8-5-16)34-22-13-27-10-11-28-22/h6,9-13,16,19H,4-5,7-8,14-15H2,1-3H3. The number of rotatable bonds is 3. The summed E-state index contributed by atoms with van der Waals surface area (Å²) in [7, 11) is 0. The summed E-state index contributed by atoms with van der Waals surface area (Å²) in [5, 5.41) is 9.73. The molecule has 0 unspecified atom stereocenters. The Kier molecular flexibility index (Phi) is 6.35. The molecule has 1 aliphatic carbocycles. The van der Waals surface area contributed by atoms with Gasteiger partial charge >= 0.3 is 6.09 Å². The van der Waals surface area contributed by atoms with Crippen molar-refractivity contribution in [1.29, 1.82) is 0 Å². The van der Waals surface area contributed by atoms with Crippen LogP contribution in [-0.2, 0) is 17.8 Å². The van der Waals surface area contributed by atoms with Gasteiger partial charge in [0.1, 0.15) is 17.5 Å². The van der Waals surface area contributed by atoms with Gasteiger partial charge < -0.3 is 9.47 Å². The Morgan fingerprint density at radius 3 is 2.60 bits per heavy atom. The maximum absolute atomic E-state index is 13.0. The van der Waals surface area contributed by atoms with Crippen LogP contribution in [0.15, 0.2) is 36.8 Å². The van der Waals surface area contributed by atoms with Gasteiger partial charge in [-0.05, 0) is 70.2 Å². The number of hydrogen-bond donors (Lipinski definition) is 0. The van der Waals surface area contributed by atoms with Gasteiger partial charge in [0.15, 0.2) is 5.82 Å². The summed E-state index contributed by atoms with van der Waals surface area (Å²) in [6, 6.07) is 5.75. The molecule has 0 atom stereocenters. The lowest BCUT2D eigenvalue weighted by molar-refractivity contribution is 0.0214. The molecule has 0 saturated heterocycles. The quantitative estimate of drug-likeness (QED) is 0.499. The number of amides is 1. The molecule has 10 heteroatoms. The molecular formula is C25H29ClN6O3. The number of carbonyl (C=O) groups is 1. The van der Waals surface area contributed by atoms with Crippen molar-refractivity contribution in [2.24, 2.45) is 0 Å². The van der Waals surface area contributed by atoms with E-state index in [1.807, 2.05) is 39.0 Å². The molecule has 0 radical (unpaired) electrons. The zero-order chi connectivity index (χ0) is 24.6. The fraction of sp³-hybridized carbons (Fsp3) is 0.480. The first-order valence-corrected chi connectivity index (χ1v) is 12.3. The average molecular weight is 497 g/mol. The van der Waals surface area contributed by atoms with Gasteiger partial charge in [-0.25, -0.2) is 9.78 Å². The molecule has 0 N–H and O–H groups in total. The lowest BCUT2D eigenvalue weighted by atomic mass is 9.86. The van der Waals surface area contributed by atoms with Gasteiger partial charge in [-0.15, -0.1) is 10.2 Å². The zero-order valence-electron chi connectivity index (χ0n) is 20.1. The number of hydrogen-bond acceptors (Lipinski definition) is 7. The first-order valence-electron chi connectivity index (χ1n) is 11.9. The SMILES string of the molecule is CC(C)(C)OC(=O)N1Cc2cc(Cl)ccc2-n2c(nnc2C2CCC(Oc3cnccn3)CC2)C1. The summed E-state index contributed by atoms with van der Waals surface area (Å²) in [6.07, 6.45) is 8.24. The number of carbonyl (C=O) groups excluding carboxylic acids is 1. The molecule has 1 aromatic carbocycles. The van der Waals surface area contributed by atoms with E-state index in [2.05, 4.69) is 24.7 Å². The highest BCUT2D eigenvalue weighted by molar-refractivity contribution is 6.30. The zero-order valence-corrected chi connectivity index (χ0v) is 20.9. The summed E-state index contributed by atoms with van der Waals surface area (Å²) in [4.78, 5) is 22.9. The predicted octanol–water partition coefficient (Wildman–Crippen LogP) is 5.07. The van der Waals surface area contributed by atoms with E-state index in [1.165, 1.54) is 0 Å². The second-order valence-corrected chi connectivity index (χ2v) is 10.5. The van der Waals surface area contributed by atoms with E-state index in [9.17, 15) is 4.79 Å². The molecule has 2 aromatic heterocycles. The van der Waals surface area contributed by atoms with Crippen LogP contribution in [0.2, 0.25) is 5.02 Å². The van der Waals surface area contributed by atoms with Crippen LogP contribution in [0, 0.1) is 0 Å². The van der Waals surface area contributed by atoms with E-state index in [1.54, 1.807) is 23.5 Å². The van der Waals surface area contributed by atoms with Crippen LogP contribution >= 0.6 is 11.6 Å². The largest absolute Gasteiger partial charge is 0.473 e. The van der Waals surface area contributed by atoms with Crippen LogP contribution in [0.25, 0.3) is 5.69 Å². The Morgan fingerprint density at radius 2 is 1.89 bits per heavy atom. The van der Waals surface area contributed by atoms with Crippen molar-refractivity contribution in [2.75, 3.05) is 0 Å². The second kappa shape index (κ2) is 9.45. The Labute approximate surface area is 209 Å². The van der Waals surface area contributed by atoms with Crippen molar-refractivity contribution in [2.45, 2.75) is 77.2 Å². The molecule has 1 saturated carbocycles. The third kappa shape index (κ3) is 5.24. The maximum Gasteiger partial charge on any atom is 0.411 e. The second-order valence-electron chi connectivity index (χ2n) is 10.1. The summed E-state index contributed by atoms with van der Waals surface area (Å²) < 4.78 is 13.8. The van der Waals surface area contributed by atoms with E-state index < -0.39 is 5.60 Å². The predicted molar refractivity (Wildman–Crippen MR) is 130 cm³/mol. The van der Waals surface area contributed by atoms with Crippen LogP contribution in [0.1, 0.15) is 69.6 Å². The van der Waals surface area contributed by atoms with Crippen molar-refractivity contribution in [3.05, 3.63) is 59.0 Å². The highest BCUT2D eigenvalue weighted by atomic mass is 35.5. The molecule has 184 valence electrons. The van der Waals surface area contributed by atoms with Crippen LogP contribution < -0.4 is 4.74 Å². The molecule has 1 aliphatic heterocycles. The summed E-state index contributed by atoms with van der Waals surface area (Å²) in [5.74, 6) is 2.41. The van der Waals surface area contributed by atoms with Gasteiger partial charge in [-0.3, -0.25) is 14.5 Å². The molecule has 5 rings (SSSR count). The fourth-order valence-corrected chi connectivity index (χ4v) is 4.90. The number of halogens is 1. The first kappa shape index (κ1) is 23.5. The third-order valence-corrected chi connectivity index (χ3v) is 6.48. The van der Waals surface area contributed by atoms with Crippen molar-refractivity contribution in [3.8, 4) is 11.6 Å². The third-order valence-electron chi connectivity index (χ3n) is 6.25. The number of aromatic nitrogens is 5. The lowest BCUT2D eigenvalue weighted by Gasteiger charge is -2.28. The molecular weight excluding hydrogens is 468 g/mol. The van der Waals surface area contributed by atoms with Crippen LogP contribution in [0.3, 0.4) is 0 Å². The highest BCUT2D eigenvalue weighted by Gasteiger charge is 2.33. The van der Waals surface area contributed by atoms with Crippen molar-refractivity contribution >= 4 is 17.7 Å². The van der Waals surface area contributed by atoms with E-state index in [4.69, 9.17) is 21.1 Å². The van der Waals surface area contributed by atoms with Crippen molar-refractivity contribution in [1.82, 2.24) is 29.6 Å². The number of benzene rings is 1. The summed E-state index contributed by atoms with van der Waals surface area (Å²) >= 11 is 6.34. The molecule has 1 amide bonds. The Hall–Kier alpha value is -3.20. The Bertz CT molecular complexity index is 1200.